The Kier molecular flexibility index (Phi) is 9.63. The molecule has 1 aromatic heterocycles. The number of ether oxygens (including phenoxy) is 1. The summed E-state index contributed by atoms with van der Waals surface area (Å²) in [6.45, 7) is 0.898. The number of rotatable bonds is 10. The second-order valence-electron chi connectivity index (χ2n) is 5.22. The minimum atomic E-state index is -0.711. The van der Waals surface area contributed by atoms with Crippen molar-refractivity contribution in [2.24, 2.45) is 11.5 Å². The number of carbonyl (C=O) groups excluding carboxylic acids is 2. The van der Waals surface area contributed by atoms with Crippen molar-refractivity contribution in [3.8, 4) is 0 Å². The molecule has 1 rings (SSSR count). The molecule has 7 nitrogen and oxygen atoms in total. The fourth-order valence-corrected chi connectivity index (χ4v) is 2.42. The lowest BCUT2D eigenvalue weighted by molar-refractivity contribution is -0.146. The van der Waals surface area contributed by atoms with Gasteiger partial charge in [-0.1, -0.05) is 23.2 Å². The van der Waals surface area contributed by atoms with Crippen molar-refractivity contribution in [2.45, 2.75) is 38.3 Å². The molecule has 0 spiro atoms. The number of amides is 1. The summed E-state index contributed by atoms with van der Waals surface area (Å²) < 4.78 is 5.13. The monoisotopic (exact) mass is 376 g/mol. The number of aromatic nitrogens is 1. The van der Waals surface area contributed by atoms with Gasteiger partial charge in [0.05, 0.1) is 0 Å². The summed E-state index contributed by atoms with van der Waals surface area (Å²) in [5, 5.41) is 3.20. The van der Waals surface area contributed by atoms with E-state index in [0.29, 0.717) is 37.9 Å². The Bertz CT molecular complexity index is 537. The summed E-state index contributed by atoms with van der Waals surface area (Å²) in [5.74, 6) is -0.567. The van der Waals surface area contributed by atoms with Crippen LogP contribution in [0.2, 0.25) is 10.3 Å². The lowest BCUT2D eigenvalue weighted by Crippen LogP contribution is -2.32. The van der Waals surface area contributed by atoms with Gasteiger partial charge in [0.1, 0.15) is 23.0 Å². The predicted molar refractivity (Wildman–Crippen MR) is 92.6 cm³/mol. The van der Waals surface area contributed by atoms with Crippen LogP contribution >= 0.6 is 23.2 Å². The number of nitrogens with one attached hydrogen (secondary N) is 1. The molecule has 0 bridgehead atoms. The van der Waals surface area contributed by atoms with Gasteiger partial charge in [-0.3, -0.25) is 9.59 Å². The average Bonchev–Trinajstić information content (AvgIpc) is 2.51. The summed E-state index contributed by atoms with van der Waals surface area (Å²) in [4.78, 5) is 26.8. The molecular formula is C15H22Cl2N4O3. The van der Waals surface area contributed by atoms with Crippen molar-refractivity contribution in [3.63, 3.8) is 0 Å². The van der Waals surface area contributed by atoms with Gasteiger partial charge in [0, 0.05) is 19.5 Å². The van der Waals surface area contributed by atoms with Crippen LogP contribution in [0.1, 0.15) is 31.2 Å². The van der Waals surface area contributed by atoms with Crippen molar-refractivity contribution in [1.29, 1.82) is 0 Å². The highest BCUT2D eigenvalue weighted by molar-refractivity contribution is 6.32. The second kappa shape index (κ2) is 11.2. The number of halogens is 2. The van der Waals surface area contributed by atoms with Crippen LogP contribution in [0.4, 0.5) is 0 Å². The minimum Gasteiger partial charge on any atom is -0.460 e. The molecule has 1 amide bonds. The lowest BCUT2D eigenvalue weighted by atomic mass is 10.1. The van der Waals surface area contributed by atoms with E-state index in [0.717, 1.165) is 6.42 Å². The third-order valence-electron chi connectivity index (χ3n) is 3.14. The van der Waals surface area contributed by atoms with Crippen LogP contribution < -0.4 is 16.8 Å². The number of nitrogens with zero attached hydrogens (tertiary/aromatic N) is 1. The number of hydrogen-bond acceptors (Lipinski definition) is 6. The highest BCUT2D eigenvalue weighted by Gasteiger charge is 2.15. The molecule has 1 aromatic rings. The first-order valence-electron chi connectivity index (χ1n) is 7.63. The summed E-state index contributed by atoms with van der Waals surface area (Å²) in [7, 11) is 0. The molecule has 5 N–H and O–H groups in total. The Balaban J connectivity index is 2.21. The number of hydrogen-bond donors (Lipinski definition) is 3. The fraction of sp³-hybridized carbons (Fsp3) is 0.533. The summed E-state index contributed by atoms with van der Waals surface area (Å²) >= 11 is 11.5. The maximum Gasteiger partial charge on any atom is 0.323 e. The van der Waals surface area contributed by atoms with Gasteiger partial charge in [-0.2, -0.15) is 0 Å². The number of esters is 1. The van der Waals surface area contributed by atoms with Gasteiger partial charge >= 0.3 is 5.97 Å². The molecule has 0 unspecified atom stereocenters. The van der Waals surface area contributed by atoms with Crippen molar-refractivity contribution >= 4 is 35.1 Å². The first kappa shape index (κ1) is 20.6. The van der Waals surface area contributed by atoms with E-state index in [4.69, 9.17) is 39.4 Å². The van der Waals surface area contributed by atoms with Crippen molar-refractivity contribution < 1.29 is 14.3 Å². The van der Waals surface area contributed by atoms with E-state index in [1.54, 1.807) is 12.1 Å². The van der Waals surface area contributed by atoms with Gasteiger partial charge in [0.2, 0.25) is 5.91 Å². The zero-order valence-corrected chi connectivity index (χ0v) is 14.8. The van der Waals surface area contributed by atoms with E-state index >= 15 is 0 Å². The third kappa shape index (κ3) is 8.44. The second-order valence-corrected chi connectivity index (χ2v) is 5.99. The van der Waals surface area contributed by atoms with E-state index in [2.05, 4.69) is 10.3 Å². The first-order chi connectivity index (χ1) is 11.4. The molecule has 1 heterocycles. The van der Waals surface area contributed by atoms with E-state index in [1.807, 2.05) is 0 Å². The highest BCUT2D eigenvalue weighted by atomic mass is 35.5. The van der Waals surface area contributed by atoms with Gasteiger partial charge in [-0.25, -0.2) is 4.98 Å². The van der Waals surface area contributed by atoms with E-state index < -0.39 is 12.0 Å². The van der Waals surface area contributed by atoms with Crippen molar-refractivity contribution in [1.82, 2.24) is 10.3 Å². The Hall–Kier alpha value is -1.41. The molecular weight excluding hydrogens is 355 g/mol. The van der Waals surface area contributed by atoms with Gasteiger partial charge in [0.25, 0.3) is 0 Å². The minimum absolute atomic E-state index is 0.0314. The molecule has 0 aliphatic carbocycles. The Labute approximate surface area is 151 Å². The quantitative estimate of drug-likeness (QED) is 0.322. The van der Waals surface area contributed by atoms with E-state index in [9.17, 15) is 9.59 Å². The number of carbonyl (C=O) groups is 2. The normalized spacial score (nSPS) is 11.8. The molecule has 134 valence electrons. The van der Waals surface area contributed by atoms with Crippen LogP contribution in [0.3, 0.4) is 0 Å². The number of pyridine rings is 1. The van der Waals surface area contributed by atoms with Crippen molar-refractivity contribution in [2.75, 3.05) is 13.1 Å². The maximum absolute atomic E-state index is 11.8. The van der Waals surface area contributed by atoms with Crippen LogP contribution in [-0.4, -0.2) is 36.0 Å². The molecule has 0 saturated heterocycles. The smallest absolute Gasteiger partial charge is 0.323 e. The van der Waals surface area contributed by atoms with Crippen LogP contribution in [0.15, 0.2) is 12.1 Å². The molecule has 0 fully saturated rings. The van der Waals surface area contributed by atoms with Gasteiger partial charge in [-0.15, -0.1) is 0 Å². The Morgan fingerprint density at radius 3 is 2.54 bits per heavy atom. The fourth-order valence-electron chi connectivity index (χ4n) is 1.91. The van der Waals surface area contributed by atoms with Gasteiger partial charge in [-0.05, 0) is 37.0 Å². The number of nitrogens with two attached hydrogens (primary N) is 2. The zero-order chi connectivity index (χ0) is 17.9. The average molecular weight is 377 g/mol. The van der Waals surface area contributed by atoms with Crippen molar-refractivity contribution in [3.05, 3.63) is 28.0 Å². The van der Waals surface area contributed by atoms with Gasteiger partial charge in [0.15, 0.2) is 0 Å². The van der Waals surface area contributed by atoms with Crippen LogP contribution in [0.5, 0.6) is 0 Å². The van der Waals surface area contributed by atoms with Crippen LogP contribution in [-0.2, 0) is 20.9 Å². The maximum atomic E-state index is 11.8. The first-order valence-corrected chi connectivity index (χ1v) is 8.39. The summed E-state index contributed by atoms with van der Waals surface area (Å²) in [6.07, 6.45) is 2.22. The molecule has 9 heteroatoms. The van der Waals surface area contributed by atoms with Gasteiger partial charge < -0.3 is 21.5 Å². The SMILES string of the molecule is NCCC(=O)NCCCC[C@H](N)C(=O)OCc1cc(Cl)nc(Cl)c1. The molecule has 0 saturated carbocycles. The summed E-state index contributed by atoms with van der Waals surface area (Å²) in [5.41, 5.74) is 11.7. The molecule has 0 aromatic carbocycles. The van der Waals surface area contributed by atoms with Crippen LogP contribution in [0.25, 0.3) is 0 Å². The standard InChI is InChI=1S/C15H22Cl2N4O3/c16-12-7-10(8-13(17)21-12)9-24-15(23)11(19)3-1-2-6-20-14(22)4-5-18/h7-8,11H,1-6,9,18-19H2,(H,20,22)/t11-/m0/s1. The molecule has 24 heavy (non-hydrogen) atoms. The van der Waals surface area contributed by atoms with E-state index in [1.165, 1.54) is 0 Å². The highest BCUT2D eigenvalue weighted by Crippen LogP contribution is 2.15. The lowest BCUT2D eigenvalue weighted by Gasteiger charge is -2.12. The predicted octanol–water partition coefficient (Wildman–Crippen LogP) is 1.39. The molecule has 0 aliphatic rings. The molecule has 0 radical (unpaired) electrons. The Morgan fingerprint density at radius 1 is 1.25 bits per heavy atom. The molecule has 0 aliphatic heterocycles. The zero-order valence-electron chi connectivity index (χ0n) is 13.3. The topological polar surface area (TPSA) is 120 Å². The number of unbranched alkanes of at least 4 members (excludes halogenated alkanes) is 1. The molecule has 1 atom stereocenters. The van der Waals surface area contributed by atoms with E-state index in [-0.39, 0.29) is 22.8 Å². The third-order valence-corrected chi connectivity index (χ3v) is 3.53. The largest absolute Gasteiger partial charge is 0.460 e. The Morgan fingerprint density at radius 2 is 1.92 bits per heavy atom. The van der Waals surface area contributed by atoms with Crippen LogP contribution in [0, 0.1) is 0 Å². The summed E-state index contributed by atoms with van der Waals surface area (Å²) in [6, 6.07) is 2.42.